The summed E-state index contributed by atoms with van der Waals surface area (Å²) in [5.74, 6) is 1.09. The Morgan fingerprint density at radius 3 is 2.60 bits per heavy atom. The molecule has 4 rings (SSSR count). The topological polar surface area (TPSA) is 31.5 Å². The van der Waals surface area contributed by atoms with Gasteiger partial charge in [-0.1, -0.05) is 54.2 Å². The Bertz CT molecular complexity index is 812. The lowest BCUT2D eigenvalue weighted by atomic mass is 10.2. The minimum absolute atomic E-state index is 0.869. The van der Waals surface area contributed by atoms with Crippen molar-refractivity contribution in [3.63, 3.8) is 0 Å². The SMILES string of the molecule is c1ccc(Cn2c(SCC[NH+]3CCOCC3)nc3ccccc32)cc1. The fourth-order valence-corrected chi connectivity index (χ4v) is 4.33. The minimum atomic E-state index is 0.869. The first-order valence-corrected chi connectivity index (χ1v) is 9.92. The number of hydrogen-bond donors (Lipinski definition) is 1. The second-order valence-corrected chi connectivity index (χ2v) is 7.48. The smallest absolute Gasteiger partial charge is 0.169 e. The summed E-state index contributed by atoms with van der Waals surface area (Å²) in [5, 5.41) is 1.12. The zero-order valence-electron chi connectivity index (χ0n) is 14.4. The van der Waals surface area contributed by atoms with Crippen LogP contribution >= 0.6 is 11.8 Å². The Labute approximate surface area is 152 Å². The van der Waals surface area contributed by atoms with Crippen molar-refractivity contribution in [2.45, 2.75) is 11.7 Å². The van der Waals surface area contributed by atoms with Crippen LogP contribution in [0.25, 0.3) is 11.0 Å². The molecule has 2 aromatic carbocycles. The van der Waals surface area contributed by atoms with Gasteiger partial charge in [0.2, 0.25) is 0 Å². The summed E-state index contributed by atoms with van der Waals surface area (Å²) >= 11 is 1.88. The molecule has 5 heteroatoms. The summed E-state index contributed by atoms with van der Waals surface area (Å²) in [4.78, 5) is 6.53. The van der Waals surface area contributed by atoms with Crippen LogP contribution in [0.3, 0.4) is 0 Å². The number of para-hydroxylation sites is 2. The van der Waals surface area contributed by atoms with Gasteiger partial charge in [-0.2, -0.15) is 0 Å². The molecule has 0 saturated carbocycles. The number of aromatic nitrogens is 2. The molecular weight excluding hydrogens is 330 g/mol. The average Bonchev–Trinajstić information content (AvgIpc) is 3.01. The van der Waals surface area contributed by atoms with Gasteiger partial charge in [0.15, 0.2) is 5.16 Å². The van der Waals surface area contributed by atoms with Crippen LogP contribution in [-0.4, -0.2) is 48.2 Å². The van der Waals surface area contributed by atoms with E-state index >= 15 is 0 Å². The summed E-state index contributed by atoms with van der Waals surface area (Å²) in [6, 6.07) is 19.1. The Kier molecular flexibility index (Phi) is 5.35. The number of nitrogens with one attached hydrogen (secondary N) is 1. The van der Waals surface area contributed by atoms with Crippen molar-refractivity contribution < 1.29 is 9.64 Å². The van der Waals surface area contributed by atoms with E-state index in [1.54, 1.807) is 4.90 Å². The summed E-state index contributed by atoms with van der Waals surface area (Å²) in [6.45, 7) is 6.08. The number of nitrogens with zero attached hydrogens (tertiary/aromatic N) is 2. The Balaban J connectivity index is 1.51. The average molecular weight is 354 g/mol. The standard InChI is InChI=1S/C20H23N3OS/c1-2-6-17(7-3-1)16-23-19-9-5-4-8-18(19)21-20(23)25-15-12-22-10-13-24-14-11-22/h1-9H,10-16H2/p+1. The molecule has 1 aromatic heterocycles. The van der Waals surface area contributed by atoms with E-state index in [2.05, 4.69) is 59.2 Å². The predicted molar refractivity (Wildman–Crippen MR) is 102 cm³/mol. The first kappa shape index (κ1) is 16.6. The quantitative estimate of drug-likeness (QED) is 0.688. The number of quaternary nitrogens is 1. The number of hydrogen-bond acceptors (Lipinski definition) is 3. The predicted octanol–water partition coefficient (Wildman–Crippen LogP) is 2.09. The van der Waals surface area contributed by atoms with E-state index in [0.717, 1.165) is 49.3 Å². The fraction of sp³-hybridized carbons (Fsp3) is 0.350. The summed E-state index contributed by atoms with van der Waals surface area (Å²) in [6.07, 6.45) is 0. The van der Waals surface area contributed by atoms with Gasteiger partial charge in [0.05, 0.1) is 43.1 Å². The van der Waals surface area contributed by atoms with E-state index in [1.165, 1.54) is 17.6 Å². The molecule has 130 valence electrons. The van der Waals surface area contributed by atoms with Gasteiger partial charge >= 0.3 is 0 Å². The molecule has 1 saturated heterocycles. The highest BCUT2D eigenvalue weighted by Gasteiger charge is 2.15. The normalized spacial score (nSPS) is 15.7. The molecule has 0 aliphatic carbocycles. The first-order chi connectivity index (χ1) is 12.4. The Morgan fingerprint density at radius 2 is 1.76 bits per heavy atom. The van der Waals surface area contributed by atoms with E-state index in [1.807, 2.05) is 11.8 Å². The maximum atomic E-state index is 5.45. The number of rotatable bonds is 6. The van der Waals surface area contributed by atoms with Crippen molar-refractivity contribution in [1.29, 1.82) is 0 Å². The minimum Gasteiger partial charge on any atom is -0.370 e. The second kappa shape index (κ2) is 8.04. The molecule has 1 aliphatic heterocycles. The summed E-state index contributed by atoms with van der Waals surface area (Å²) in [7, 11) is 0. The maximum absolute atomic E-state index is 5.45. The molecule has 1 aliphatic rings. The lowest BCUT2D eigenvalue weighted by Gasteiger charge is -2.23. The van der Waals surface area contributed by atoms with Crippen LogP contribution in [0.15, 0.2) is 59.8 Å². The first-order valence-electron chi connectivity index (χ1n) is 8.93. The van der Waals surface area contributed by atoms with Crippen molar-refractivity contribution in [2.75, 3.05) is 38.6 Å². The highest BCUT2D eigenvalue weighted by Crippen LogP contribution is 2.24. The van der Waals surface area contributed by atoms with Gasteiger partial charge < -0.3 is 14.2 Å². The van der Waals surface area contributed by atoms with Gasteiger partial charge in [0.1, 0.15) is 13.1 Å². The van der Waals surface area contributed by atoms with E-state index in [4.69, 9.17) is 9.72 Å². The zero-order chi connectivity index (χ0) is 16.9. The van der Waals surface area contributed by atoms with Gasteiger partial charge in [0.25, 0.3) is 0 Å². The maximum Gasteiger partial charge on any atom is 0.169 e. The third-order valence-corrected chi connectivity index (χ3v) is 5.67. The molecule has 3 aromatic rings. The van der Waals surface area contributed by atoms with Gasteiger partial charge in [-0.15, -0.1) is 0 Å². The van der Waals surface area contributed by atoms with Crippen molar-refractivity contribution in [3.05, 3.63) is 60.2 Å². The molecule has 1 N–H and O–H groups in total. The summed E-state index contributed by atoms with van der Waals surface area (Å²) < 4.78 is 7.80. The summed E-state index contributed by atoms with van der Waals surface area (Å²) in [5.41, 5.74) is 3.61. The lowest BCUT2D eigenvalue weighted by molar-refractivity contribution is -0.905. The molecule has 0 amide bonds. The number of thioether (sulfide) groups is 1. The highest BCUT2D eigenvalue weighted by atomic mass is 32.2. The molecule has 0 unspecified atom stereocenters. The monoisotopic (exact) mass is 354 g/mol. The van der Waals surface area contributed by atoms with Crippen LogP contribution in [0.2, 0.25) is 0 Å². The van der Waals surface area contributed by atoms with Gasteiger partial charge in [-0.25, -0.2) is 4.98 Å². The third-order valence-electron chi connectivity index (χ3n) is 4.69. The number of fused-ring (bicyclic) bond motifs is 1. The Hall–Kier alpha value is -1.82. The number of morpholine rings is 1. The molecule has 0 bridgehead atoms. The van der Waals surface area contributed by atoms with Crippen molar-refractivity contribution in [2.24, 2.45) is 0 Å². The number of benzene rings is 2. The molecule has 1 fully saturated rings. The fourth-order valence-electron chi connectivity index (χ4n) is 3.28. The van der Waals surface area contributed by atoms with Gasteiger partial charge in [-0.3, -0.25) is 0 Å². The van der Waals surface area contributed by atoms with Crippen LogP contribution < -0.4 is 4.90 Å². The van der Waals surface area contributed by atoms with Crippen LogP contribution in [-0.2, 0) is 11.3 Å². The number of ether oxygens (including phenoxy) is 1. The molecule has 4 nitrogen and oxygen atoms in total. The molecule has 25 heavy (non-hydrogen) atoms. The van der Waals surface area contributed by atoms with E-state index in [0.29, 0.717) is 0 Å². The van der Waals surface area contributed by atoms with Crippen LogP contribution in [0.4, 0.5) is 0 Å². The second-order valence-electron chi connectivity index (χ2n) is 6.42. The third kappa shape index (κ3) is 4.06. The van der Waals surface area contributed by atoms with Crippen LogP contribution in [0.5, 0.6) is 0 Å². The molecule has 0 spiro atoms. The van der Waals surface area contributed by atoms with Crippen molar-refractivity contribution in [3.8, 4) is 0 Å². The zero-order valence-corrected chi connectivity index (χ0v) is 15.2. The van der Waals surface area contributed by atoms with E-state index in [-0.39, 0.29) is 0 Å². The molecule has 0 atom stereocenters. The largest absolute Gasteiger partial charge is 0.370 e. The molecule has 2 heterocycles. The molecular formula is C20H24N3OS+. The van der Waals surface area contributed by atoms with E-state index in [9.17, 15) is 0 Å². The van der Waals surface area contributed by atoms with Crippen molar-refractivity contribution >= 4 is 22.8 Å². The van der Waals surface area contributed by atoms with Gasteiger partial charge in [0, 0.05) is 0 Å². The van der Waals surface area contributed by atoms with Gasteiger partial charge in [-0.05, 0) is 17.7 Å². The van der Waals surface area contributed by atoms with Crippen LogP contribution in [0.1, 0.15) is 5.56 Å². The number of imidazole rings is 1. The van der Waals surface area contributed by atoms with E-state index < -0.39 is 0 Å². The lowest BCUT2D eigenvalue weighted by Crippen LogP contribution is -3.14. The molecule has 0 radical (unpaired) electrons. The Morgan fingerprint density at radius 1 is 1.00 bits per heavy atom. The highest BCUT2D eigenvalue weighted by molar-refractivity contribution is 7.99. The van der Waals surface area contributed by atoms with Crippen LogP contribution in [0, 0.1) is 0 Å². The van der Waals surface area contributed by atoms with Crippen molar-refractivity contribution in [1.82, 2.24) is 9.55 Å².